The van der Waals surface area contributed by atoms with E-state index in [1.807, 2.05) is 6.07 Å². The molecular formula is C18H22BrNNaO+. The van der Waals surface area contributed by atoms with E-state index in [1.54, 1.807) is 0 Å². The van der Waals surface area contributed by atoms with Crippen molar-refractivity contribution >= 4 is 15.9 Å². The maximum absolute atomic E-state index is 6.30. The zero-order valence-electron chi connectivity index (χ0n) is 13.8. The van der Waals surface area contributed by atoms with E-state index in [0.717, 1.165) is 16.6 Å². The fraction of sp³-hybridized carbons (Fsp3) is 0.333. The van der Waals surface area contributed by atoms with Crippen molar-refractivity contribution in [2.45, 2.75) is 12.5 Å². The van der Waals surface area contributed by atoms with Crippen LogP contribution in [0.25, 0.3) is 0 Å². The topological polar surface area (TPSA) is 12.5 Å². The van der Waals surface area contributed by atoms with E-state index in [-0.39, 0.29) is 29.6 Å². The van der Waals surface area contributed by atoms with Crippen molar-refractivity contribution in [2.24, 2.45) is 0 Å². The van der Waals surface area contributed by atoms with Gasteiger partial charge < -0.3 is 9.64 Å². The van der Waals surface area contributed by atoms with Gasteiger partial charge in [-0.25, -0.2) is 0 Å². The van der Waals surface area contributed by atoms with Crippen LogP contribution >= 0.6 is 15.9 Å². The molecule has 0 aliphatic rings. The van der Waals surface area contributed by atoms with Crippen LogP contribution < -0.4 is 29.6 Å². The van der Waals surface area contributed by atoms with Gasteiger partial charge in [0.25, 0.3) is 0 Å². The molecule has 2 aromatic carbocycles. The van der Waals surface area contributed by atoms with E-state index in [1.165, 1.54) is 5.56 Å². The van der Waals surface area contributed by atoms with Crippen LogP contribution in [-0.2, 0) is 10.3 Å². The number of ether oxygens (including phenoxy) is 1. The van der Waals surface area contributed by atoms with E-state index < -0.39 is 5.60 Å². The van der Waals surface area contributed by atoms with Crippen LogP contribution in [0.4, 0.5) is 0 Å². The van der Waals surface area contributed by atoms with E-state index in [4.69, 9.17) is 4.74 Å². The van der Waals surface area contributed by atoms with E-state index in [9.17, 15) is 0 Å². The Hall–Kier alpha value is -0.160. The maximum Gasteiger partial charge on any atom is 1.00 e. The molecule has 1 unspecified atom stereocenters. The molecule has 0 heterocycles. The monoisotopic (exact) mass is 370 g/mol. The molecule has 0 saturated carbocycles. The van der Waals surface area contributed by atoms with Crippen molar-refractivity contribution in [1.29, 1.82) is 0 Å². The zero-order chi connectivity index (χ0) is 15.3. The second kappa shape index (κ2) is 9.21. The van der Waals surface area contributed by atoms with Gasteiger partial charge in [-0.2, -0.15) is 0 Å². The van der Waals surface area contributed by atoms with Gasteiger partial charge in [-0.15, -0.1) is 0 Å². The first kappa shape index (κ1) is 19.9. The molecule has 112 valence electrons. The predicted molar refractivity (Wildman–Crippen MR) is 91.5 cm³/mol. The average Bonchev–Trinajstić information content (AvgIpc) is 2.48. The molecule has 22 heavy (non-hydrogen) atoms. The molecule has 2 aromatic rings. The molecule has 0 amide bonds. The summed E-state index contributed by atoms with van der Waals surface area (Å²) in [5, 5.41) is 0. The Bertz CT molecular complexity index is 559. The summed E-state index contributed by atoms with van der Waals surface area (Å²) in [6, 6.07) is 18.8. The van der Waals surface area contributed by atoms with Gasteiger partial charge in [0.15, 0.2) is 0 Å². The van der Waals surface area contributed by atoms with Crippen molar-refractivity contribution in [3.05, 3.63) is 70.2 Å². The smallest absolute Gasteiger partial charge is 0.365 e. The van der Waals surface area contributed by atoms with Crippen LogP contribution in [0, 0.1) is 0 Å². The van der Waals surface area contributed by atoms with Crippen molar-refractivity contribution in [3.63, 3.8) is 0 Å². The number of nitrogens with zero attached hydrogens (tertiary/aromatic N) is 1. The number of halogens is 1. The van der Waals surface area contributed by atoms with E-state index >= 15 is 0 Å². The summed E-state index contributed by atoms with van der Waals surface area (Å²) in [6.45, 7) is 3.73. The molecule has 0 aliphatic carbocycles. The molecule has 0 radical (unpaired) electrons. The molecular weight excluding hydrogens is 349 g/mol. The van der Waals surface area contributed by atoms with Crippen LogP contribution in [0.1, 0.15) is 18.1 Å². The first-order valence-corrected chi connectivity index (χ1v) is 7.92. The number of benzene rings is 2. The third-order valence-electron chi connectivity index (χ3n) is 3.65. The molecule has 2 rings (SSSR count). The average molecular weight is 371 g/mol. The number of hydrogen-bond acceptors (Lipinski definition) is 2. The molecule has 4 heteroatoms. The summed E-state index contributed by atoms with van der Waals surface area (Å²) in [6.07, 6.45) is 0. The van der Waals surface area contributed by atoms with Gasteiger partial charge in [0.05, 0.1) is 6.61 Å². The Kier molecular flexibility index (Phi) is 8.33. The second-order valence-electron chi connectivity index (χ2n) is 5.56. The minimum absolute atomic E-state index is 0. The Balaban J connectivity index is 0.00000242. The van der Waals surface area contributed by atoms with Gasteiger partial charge in [0.1, 0.15) is 5.60 Å². The molecule has 0 aromatic heterocycles. The van der Waals surface area contributed by atoms with E-state index in [2.05, 4.69) is 90.4 Å². The fourth-order valence-corrected chi connectivity index (χ4v) is 2.55. The van der Waals surface area contributed by atoms with Gasteiger partial charge in [-0.3, -0.25) is 0 Å². The summed E-state index contributed by atoms with van der Waals surface area (Å²) in [4.78, 5) is 2.13. The van der Waals surface area contributed by atoms with Gasteiger partial charge >= 0.3 is 29.6 Å². The summed E-state index contributed by atoms with van der Waals surface area (Å²) in [5.74, 6) is 0. The standard InChI is InChI=1S/C18H22BrNO.Na/c1-18(21-14-13-20(2)3,15-7-5-4-6-8-15)16-9-11-17(19)12-10-16;/h4-12H,13-14H2,1-3H3;/q;+1. The van der Waals surface area contributed by atoms with Crippen molar-refractivity contribution in [2.75, 3.05) is 27.2 Å². The fourth-order valence-electron chi connectivity index (χ4n) is 2.29. The third-order valence-corrected chi connectivity index (χ3v) is 4.18. The first-order chi connectivity index (χ1) is 10.0. The van der Waals surface area contributed by atoms with Crippen LogP contribution in [0.5, 0.6) is 0 Å². The summed E-state index contributed by atoms with van der Waals surface area (Å²) >= 11 is 3.49. The quantitative estimate of drug-likeness (QED) is 0.710. The second-order valence-corrected chi connectivity index (χ2v) is 6.47. The maximum atomic E-state index is 6.30. The van der Waals surface area contributed by atoms with Crippen molar-refractivity contribution in [3.8, 4) is 0 Å². The van der Waals surface area contributed by atoms with Crippen LogP contribution in [0.15, 0.2) is 59.1 Å². The Morgan fingerprint density at radius 2 is 1.50 bits per heavy atom. The zero-order valence-corrected chi connectivity index (χ0v) is 17.4. The molecule has 0 bridgehead atoms. The Labute approximate surface area is 164 Å². The first-order valence-electron chi connectivity index (χ1n) is 7.12. The Morgan fingerprint density at radius 1 is 0.955 bits per heavy atom. The number of hydrogen-bond donors (Lipinski definition) is 0. The minimum atomic E-state index is -0.433. The molecule has 0 aliphatic heterocycles. The predicted octanol–water partition coefficient (Wildman–Crippen LogP) is 1.29. The van der Waals surface area contributed by atoms with Gasteiger partial charge in [0, 0.05) is 11.0 Å². The molecule has 2 nitrogen and oxygen atoms in total. The van der Waals surface area contributed by atoms with Crippen LogP contribution in [-0.4, -0.2) is 32.1 Å². The van der Waals surface area contributed by atoms with Crippen LogP contribution in [0.3, 0.4) is 0 Å². The normalized spacial score (nSPS) is 13.5. The summed E-state index contributed by atoms with van der Waals surface area (Å²) in [7, 11) is 4.12. The summed E-state index contributed by atoms with van der Waals surface area (Å²) < 4.78 is 7.37. The van der Waals surface area contributed by atoms with E-state index in [0.29, 0.717) is 6.61 Å². The Morgan fingerprint density at radius 3 is 2.05 bits per heavy atom. The van der Waals surface area contributed by atoms with Gasteiger partial charge in [-0.05, 0) is 44.3 Å². The minimum Gasteiger partial charge on any atom is -0.365 e. The molecule has 1 atom stereocenters. The summed E-state index contributed by atoms with van der Waals surface area (Å²) in [5.41, 5.74) is 1.90. The number of rotatable bonds is 6. The molecule has 0 spiro atoms. The SMILES string of the molecule is CN(C)CCOC(C)(c1ccccc1)c1ccc(Br)cc1.[Na+]. The molecule has 0 N–H and O–H groups in total. The third kappa shape index (κ3) is 5.19. The van der Waals surface area contributed by atoms with Gasteiger partial charge in [0.2, 0.25) is 0 Å². The van der Waals surface area contributed by atoms with Crippen molar-refractivity contribution < 1.29 is 34.3 Å². The molecule has 0 saturated heterocycles. The van der Waals surface area contributed by atoms with Crippen molar-refractivity contribution in [1.82, 2.24) is 4.90 Å². The number of likely N-dealkylation sites (N-methyl/N-ethyl adjacent to an activating group) is 1. The molecule has 0 fully saturated rings. The largest absolute Gasteiger partial charge is 1.00 e. The van der Waals surface area contributed by atoms with Crippen LogP contribution in [0.2, 0.25) is 0 Å². The van der Waals surface area contributed by atoms with Gasteiger partial charge in [-0.1, -0.05) is 58.4 Å².